The van der Waals surface area contributed by atoms with Gasteiger partial charge in [0.25, 0.3) is 5.56 Å². The van der Waals surface area contributed by atoms with Gasteiger partial charge in [-0.15, -0.1) is 0 Å². The second-order valence-corrected chi connectivity index (χ2v) is 5.83. The number of amides is 1. The maximum absolute atomic E-state index is 12.1. The van der Waals surface area contributed by atoms with E-state index in [1.807, 2.05) is 4.90 Å². The number of carbonyl (C=O) groups is 1. The second kappa shape index (κ2) is 7.29. The van der Waals surface area contributed by atoms with Crippen LogP contribution in [0.5, 0.6) is 0 Å². The first-order chi connectivity index (χ1) is 10.1. The summed E-state index contributed by atoms with van der Waals surface area (Å²) in [5.41, 5.74) is 6.24. The maximum atomic E-state index is 12.1. The number of aryl methyl sites for hydroxylation is 1. The highest BCUT2D eigenvalue weighted by molar-refractivity contribution is 5.76. The Hall–Kier alpha value is -1.78. The van der Waals surface area contributed by atoms with E-state index in [0.717, 1.165) is 38.8 Å². The second-order valence-electron chi connectivity index (χ2n) is 5.83. The van der Waals surface area contributed by atoms with Crippen molar-refractivity contribution in [3.63, 3.8) is 0 Å². The van der Waals surface area contributed by atoms with Gasteiger partial charge in [0.1, 0.15) is 0 Å². The van der Waals surface area contributed by atoms with E-state index in [9.17, 15) is 9.59 Å². The van der Waals surface area contributed by atoms with Crippen molar-refractivity contribution in [3.8, 4) is 0 Å². The van der Waals surface area contributed by atoms with Gasteiger partial charge in [-0.2, -0.15) is 0 Å². The predicted molar refractivity (Wildman–Crippen MR) is 83.9 cm³/mol. The van der Waals surface area contributed by atoms with Crippen LogP contribution in [0.1, 0.15) is 39.0 Å². The monoisotopic (exact) mass is 291 g/mol. The molecule has 2 N–H and O–H groups in total. The normalized spacial score (nSPS) is 19.6. The SMILES string of the molecule is CCC1CCC(=O)N(CCCn2cc(N)ccc2=O)CC1. The van der Waals surface area contributed by atoms with Crippen LogP contribution >= 0.6 is 0 Å². The number of likely N-dealkylation sites (tertiary alicyclic amines) is 1. The first-order valence-electron chi connectivity index (χ1n) is 7.84. The molecule has 5 nitrogen and oxygen atoms in total. The Morgan fingerprint density at radius 3 is 2.81 bits per heavy atom. The highest BCUT2D eigenvalue weighted by Crippen LogP contribution is 2.21. The molecule has 1 atom stereocenters. The summed E-state index contributed by atoms with van der Waals surface area (Å²) >= 11 is 0. The highest BCUT2D eigenvalue weighted by Gasteiger charge is 2.20. The lowest BCUT2D eigenvalue weighted by atomic mass is 9.98. The summed E-state index contributed by atoms with van der Waals surface area (Å²) in [6.45, 7) is 4.36. The summed E-state index contributed by atoms with van der Waals surface area (Å²) in [5, 5.41) is 0. The van der Waals surface area contributed by atoms with Crippen LogP contribution in [0.2, 0.25) is 0 Å². The Bertz CT molecular complexity index is 539. The first kappa shape index (κ1) is 15.6. The molecule has 116 valence electrons. The van der Waals surface area contributed by atoms with E-state index >= 15 is 0 Å². The Labute approximate surface area is 125 Å². The van der Waals surface area contributed by atoms with Gasteiger partial charge in [0.2, 0.25) is 5.91 Å². The largest absolute Gasteiger partial charge is 0.398 e. The Morgan fingerprint density at radius 2 is 2.05 bits per heavy atom. The zero-order chi connectivity index (χ0) is 15.2. The molecule has 2 heterocycles. The minimum atomic E-state index is -0.0440. The van der Waals surface area contributed by atoms with Crippen molar-refractivity contribution in [1.82, 2.24) is 9.47 Å². The molecule has 1 aliphatic heterocycles. The fourth-order valence-electron chi connectivity index (χ4n) is 2.89. The topological polar surface area (TPSA) is 68.3 Å². The van der Waals surface area contributed by atoms with Crippen molar-refractivity contribution in [3.05, 3.63) is 28.7 Å². The third-order valence-corrected chi connectivity index (χ3v) is 4.34. The van der Waals surface area contributed by atoms with Crippen LogP contribution in [0.25, 0.3) is 0 Å². The molecule has 1 aliphatic rings. The summed E-state index contributed by atoms with van der Waals surface area (Å²) in [6, 6.07) is 3.10. The summed E-state index contributed by atoms with van der Waals surface area (Å²) in [4.78, 5) is 25.7. The van der Waals surface area contributed by atoms with E-state index in [4.69, 9.17) is 5.73 Å². The molecule has 1 saturated heterocycles. The average molecular weight is 291 g/mol. The third kappa shape index (κ3) is 4.34. The number of aromatic nitrogens is 1. The Kier molecular flexibility index (Phi) is 5.42. The van der Waals surface area contributed by atoms with Crippen molar-refractivity contribution in [2.24, 2.45) is 5.92 Å². The number of nitrogens with zero attached hydrogens (tertiary/aromatic N) is 2. The molecule has 1 unspecified atom stereocenters. The fraction of sp³-hybridized carbons (Fsp3) is 0.625. The number of hydrogen-bond acceptors (Lipinski definition) is 3. The van der Waals surface area contributed by atoms with Crippen molar-refractivity contribution >= 4 is 11.6 Å². The fourth-order valence-corrected chi connectivity index (χ4v) is 2.89. The third-order valence-electron chi connectivity index (χ3n) is 4.34. The zero-order valence-electron chi connectivity index (χ0n) is 12.8. The number of carbonyl (C=O) groups excluding carboxylic acids is 1. The molecule has 1 amide bonds. The maximum Gasteiger partial charge on any atom is 0.250 e. The van der Waals surface area contributed by atoms with Crippen LogP contribution in [0, 0.1) is 5.92 Å². The van der Waals surface area contributed by atoms with E-state index in [-0.39, 0.29) is 11.5 Å². The van der Waals surface area contributed by atoms with E-state index in [0.29, 0.717) is 24.6 Å². The van der Waals surface area contributed by atoms with Crippen LogP contribution in [0.4, 0.5) is 5.69 Å². The van der Waals surface area contributed by atoms with Gasteiger partial charge in [0.15, 0.2) is 0 Å². The number of rotatable bonds is 5. The van der Waals surface area contributed by atoms with Gasteiger partial charge in [-0.25, -0.2) is 0 Å². The van der Waals surface area contributed by atoms with Crippen LogP contribution in [-0.2, 0) is 11.3 Å². The summed E-state index contributed by atoms with van der Waals surface area (Å²) in [6.07, 6.45) is 6.38. The zero-order valence-corrected chi connectivity index (χ0v) is 12.8. The van der Waals surface area contributed by atoms with Crippen LogP contribution < -0.4 is 11.3 Å². The molecule has 2 rings (SSSR count). The van der Waals surface area contributed by atoms with Gasteiger partial charge < -0.3 is 15.2 Å². The van der Waals surface area contributed by atoms with Crippen LogP contribution in [0.3, 0.4) is 0 Å². The number of anilines is 1. The lowest BCUT2D eigenvalue weighted by molar-refractivity contribution is -0.130. The molecule has 5 heteroatoms. The molecule has 0 aromatic carbocycles. The molecule has 1 aromatic heterocycles. The van der Waals surface area contributed by atoms with Gasteiger partial charge in [-0.3, -0.25) is 9.59 Å². The molecule has 0 saturated carbocycles. The smallest absolute Gasteiger partial charge is 0.250 e. The standard InChI is InChI=1S/C16H25N3O2/c1-2-13-4-6-15(20)18(11-8-13)9-3-10-19-12-14(17)5-7-16(19)21/h5,7,12-13H,2-4,6,8-11,17H2,1H3. The summed E-state index contributed by atoms with van der Waals surface area (Å²) in [5.74, 6) is 0.932. The Morgan fingerprint density at radius 1 is 1.24 bits per heavy atom. The van der Waals surface area contributed by atoms with Crippen molar-refractivity contribution < 1.29 is 4.79 Å². The van der Waals surface area contributed by atoms with E-state index in [2.05, 4.69) is 6.92 Å². The molecular weight excluding hydrogens is 266 g/mol. The number of nitrogen functional groups attached to an aromatic ring is 1. The minimum absolute atomic E-state index is 0.0440. The average Bonchev–Trinajstić information content (AvgIpc) is 2.65. The predicted octanol–water partition coefficient (Wildman–Crippen LogP) is 1.86. The number of hydrogen-bond donors (Lipinski definition) is 1. The van der Waals surface area contributed by atoms with Crippen molar-refractivity contribution in [2.45, 2.75) is 45.6 Å². The highest BCUT2D eigenvalue weighted by atomic mass is 16.2. The van der Waals surface area contributed by atoms with E-state index in [1.54, 1.807) is 16.8 Å². The number of pyridine rings is 1. The lowest BCUT2D eigenvalue weighted by Crippen LogP contribution is -2.32. The van der Waals surface area contributed by atoms with Gasteiger partial charge >= 0.3 is 0 Å². The van der Waals surface area contributed by atoms with Gasteiger partial charge in [0.05, 0.1) is 0 Å². The molecule has 21 heavy (non-hydrogen) atoms. The summed E-state index contributed by atoms with van der Waals surface area (Å²) < 4.78 is 1.62. The van der Waals surface area contributed by atoms with E-state index in [1.165, 1.54) is 6.07 Å². The molecule has 1 aromatic rings. The lowest BCUT2D eigenvalue weighted by Gasteiger charge is -2.21. The van der Waals surface area contributed by atoms with Gasteiger partial charge in [-0.05, 0) is 31.2 Å². The van der Waals surface area contributed by atoms with E-state index < -0.39 is 0 Å². The molecule has 1 fully saturated rings. The van der Waals surface area contributed by atoms with Crippen molar-refractivity contribution in [1.29, 1.82) is 0 Å². The Balaban J connectivity index is 1.86. The van der Waals surface area contributed by atoms with Crippen LogP contribution in [0.15, 0.2) is 23.1 Å². The molecule has 0 radical (unpaired) electrons. The molecule has 0 aliphatic carbocycles. The van der Waals surface area contributed by atoms with Crippen LogP contribution in [-0.4, -0.2) is 28.5 Å². The molecule has 0 spiro atoms. The summed E-state index contributed by atoms with van der Waals surface area (Å²) in [7, 11) is 0. The van der Waals surface area contributed by atoms with Gasteiger partial charge in [0, 0.05) is 44.0 Å². The minimum Gasteiger partial charge on any atom is -0.398 e. The number of nitrogens with two attached hydrogens (primary N) is 1. The first-order valence-corrected chi connectivity index (χ1v) is 7.84. The van der Waals surface area contributed by atoms with Crippen molar-refractivity contribution in [2.75, 3.05) is 18.8 Å². The van der Waals surface area contributed by atoms with Gasteiger partial charge in [-0.1, -0.05) is 13.3 Å². The quantitative estimate of drug-likeness (QED) is 0.900. The molecule has 0 bridgehead atoms. The molecular formula is C16H25N3O2.